The number of aromatic nitrogens is 4. The predicted octanol–water partition coefficient (Wildman–Crippen LogP) is 2.40. The molecule has 3 aromatic rings. The molecule has 17 heavy (non-hydrogen) atoms. The van der Waals surface area contributed by atoms with E-state index in [1.54, 1.807) is 10.6 Å². The van der Waals surface area contributed by atoms with Crippen molar-refractivity contribution in [3.63, 3.8) is 0 Å². The van der Waals surface area contributed by atoms with E-state index in [9.17, 15) is 0 Å². The van der Waals surface area contributed by atoms with Crippen LogP contribution in [0.25, 0.3) is 15.5 Å². The number of nitrogens with zero attached hydrogens (tertiary/aromatic N) is 4. The van der Waals surface area contributed by atoms with Crippen LogP contribution in [0.5, 0.6) is 0 Å². The molecule has 5 nitrogen and oxygen atoms in total. The van der Waals surface area contributed by atoms with Crippen LogP contribution in [-0.2, 0) is 0 Å². The number of hydrogen-bond donors (Lipinski definition) is 1. The summed E-state index contributed by atoms with van der Waals surface area (Å²) in [4.78, 5) is 0.769. The molecule has 0 unspecified atom stereocenters. The molecule has 0 saturated heterocycles. The SMILES string of the molecule is Cc1nnc2sc(-c3ccc(Cl)c(N)c3)nn12. The Bertz CT molecular complexity index is 702. The van der Waals surface area contributed by atoms with Crippen molar-refractivity contribution in [3.8, 4) is 10.6 Å². The maximum absolute atomic E-state index is 5.88. The first-order valence-electron chi connectivity index (χ1n) is 4.89. The zero-order chi connectivity index (χ0) is 12.0. The Balaban J connectivity index is 2.16. The normalized spacial score (nSPS) is 11.2. The second-order valence-electron chi connectivity index (χ2n) is 3.59. The summed E-state index contributed by atoms with van der Waals surface area (Å²) in [7, 11) is 0. The van der Waals surface area contributed by atoms with E-state index in [2.05, 4.69) is 15.3 Å². The highest BCUT2D eigenvalue weighted by molar-refractivity contribution is 7.19. The lowest BCUT2D eigenvalue weighted by atomic mass is 10.2. The van der Waals surface area contributed by atoms with E-state index in [0.29, 0.717) is 10.7 Å². The van der Waals surface area contributed by atoms with Crippen LogP contribution < -0.4 is 5.73 Å². The van der Waals surface area contributed by atoms with Crippen LogP contribution in [0.3, 0.4) is 0 Å². The van der Waals surface area contributed by atoms with Gasteiger partial charge in [0.05, 0.1) is 10.7 Å². The number of anilines is 1. The maximum Gasteiger partial charge on any atom is 0.234 e. The van der Waals surface area contributed by atoms with Gasteiger partial charge in [-0.15, -0.1) is 10.2 Å². The topological polar surface area (TPSA) is 69.1 Å². The molecule has 2 aromatic heterocycles. The van der Waals surface area contributed by atoms with Crippen molar-refractivity contribution in [2.75, 3.05) is 5.73 Å². The number of benzene rings is 1. The summed E-state index contributed by atoms with van der Waals surface area (Å²) in [5, 5.41) is 13.8. The van der Waals surface area contributed by atoms with E-state index in [1.165, 1.54) is 11.3 Å². The Labute approximate surface area is 106 Å². The van der Waals surface area contributed by atoms with Crippen LogP contribution in [-0.4, -0.2) is 19.8 Å². The average Bonchev–Trinajstić information content (AvgIpc) is 2.86. The lowest BCUT2D eigenvalue weighted by molar-refractivity contribution is 0.898. The van der Waals surface area contributed by atoms with E-state index in [0.717, 1.165) is 21.4 Å². The number of aryl methyl sites for hydroxylation is 1. The third kappa shape index (κ3) is 1.65. The lowest BCUT2D eigenvalue weighted by Gasteiger charge is -1.99. The van der Waals surface area contributed by atoms with E-state index >= 15 is 0 Å². The Morgan fingerprint density at radius 3 is 2.88 bits per heavy atom. The fourth-order valence-electron chi connectivity index (χ4n) is 1.51. The highest BCUT2D eigenvalue weighted by Crippen LogP contribution is 2.29. The number of rotatable bonds is 1. The van der Waals surface area contributed by atoms with Gasteiger partial charge in [-0.25, -0.2) is 0 Å². The smallest absolute Gasteiger partial charge is 0.234 e. The van der Waals surface area contributed by atoms with E-state index in [1.807, 2.05) is 19.1 Å². The molecule has 0 saturated carbocycles. The molecule has 2 N–H and O–H groups in total. The van der Waals surface area contributed by atoms with Gasteiger partial charge in [0.25, 0.3) is 0 Å². The number of nitrogens with two attached hydrogens (primary N) is 1. The summed E-state index contributed by atoms with van der Waals surface area (Å²) in [6.45, 7) is 1.86. The Kier molecular flexibility index (Phi) is 2.27. The fourth-order valence-corrected chi connectivity index (χ4v) is 2.51. The first-order valence-corrected chi connectivity index (χ1v) is 6.09. The van der Waals surface area contributed by atoms with Crippen LogP contribution in [0.15, 0.2) is 18.2 Å². The number of halogens is 1. The van der Waals surface area contributed by atoms with E-state index in [-0.39, 0.29) is 0 Å². The molecule has 0 atom stereocenters. The van der Waals surface area contributed by atoms with Crippen molar-refractivity contribution in [2.24, 2.45) is 0 Å². The molecule has 0 aliphatic carbocycles. The van der Waals surface area contributed by atoms with Gasteiger partial charge in [-0.05, 0) is 19.1 Å². The van der Waals surface area contributed by atoms with Crippen molar-refractivity contribution in [2.45, 2.75) is 6.92 Å². The predicted molar refractivity (Wildman–Crippen MR) is 68.3 cm³/mol. The van der Waals surface area contributed by atoms with Crippen molar-refractivity contribution in [3.05, 3.63) is 29.0 Å². The molecule has 0 amide bonds. The molecule has 86 valence electrons. The minimum atomic E-state index is 0.548. The van der Waals surface area contributed by atoms with Crippen molar-refractivity contribution >= 4 is 33.6 Å². The standard InChI is InChI=1S/C10H8ClN5S/c1-5-13-14-10-16(5)15-9(17-10)6-2-3-7(11)8(12)4-6/h2-4H,12H2,1H3. The molecule has 7 heteroatoms. The number of hydrogen-bond acceptors (Lipinski definition) is 5. The van der Waals surface area contributed by atoms with Gasteiger partial charge in [0.2, 0.25) is 4.96 Å². The highest BCUT2D eigenvalue weighted by atomic mass is 35.5. The second kappa shape index (κ2) is 3.68. The zero-order valence-electron chi connectivity index (χ0n) is 8.88. The van der Waals surface area contributed by atoms with E-state index < -0.39 is 0 Å². The van der Waals surface area contributed by atoms with Crippen LogP contribution in [0.4, 0.5) is 5.69 Å². The molecule has 0 aliphatic rings. The van der Waals surface area contributed by atoms with Gasteiger partial charge in [0.15, 0.2) is 5.82 Å². The van der Waals surface area contributed by atoms with Gasteiger partial charge < -0.3 is 5.73 Å². The summed E-state index contributed by atoms with van der Waals surface area (Å²) >= 11 is 7.35. The Morgan fingerprint density at radius 2 is 2.18 bits per heavy atom. The van der Waals surface area contributed by atoms with Gasteiger partial charge in [0.1, 0.15) is 5.01 Å². The molecule has 0 fully saturated rings. The summed E-state index contributed by atoms with van der Waals surface area (Å²) in [5.74, 6) is 0.768. The zero-order valence-corrected chi connectivity index (χ0v) is 10.5. The van der Waals surface area contributed by atoms with Crippen LogP contribution in [0.1, 0.15) is 5.82 Å². The quantitative estimate of drug-likeness (QED) is 0.686. The minimum absolute atomic E-state index is 0.548. The van der Waals surface area contributed by atoms with Crippen molar-refractivity contribution in [1.82, 2.24) is 19.8 Å². The first kappa shape index (κ1) is 10.5. The number of nitrogen functional groups attached to an aromatic ring is 1. The van der Waals surface area contributed by atoms with Crippen molar-refractivity contribution in [1.29, 1.82) is 0 Å². The molecule has 1 aromatic carbocycles. The number of fused-ring (bicyclic) bond motifs is 1. The molecule has 3 rings (SSSR count). The molecular weight excluding hydrogens is 258 g/mol. The molecule has 0 spiro atoms. The largest absolute Gasteiger partial charge is 0.398 e. The summed E-state index contributed by atoms with van der Waals surface area (Å²) in [6, 6.07) is 5.46. The van der Waals surface area contributed by atoms with Crippen LogP contribution >= 0.6 is 22.9 Å². The average molecular weight is 266 g/mol. The maximum atomic E-state index is 5.88. The summed E-state index contributed by atoms with van der Waals surface area (Å²) in [6.07, 6.45) is 0. The molecule has 0 radical (unpaired) electrons. The molecular formula is C10H8ClN5S. The monoisotopic (exact) mass is 265 g/mol. The molecule has 0 aliphatic heterocycles. The van der Waals surface area contributed by atoms with Gasteiger partial charge >= 0.3 is 0 Å². The molecule has 2 heterocycles. The van der Waals surface area contributed by atoms with Crippen LogP contribution in [0, 0.1) is 6.92 Å². The van der Waals surface area contributed by atoms with Crippen LogP contribution in [0.2, 0.25) is 5.02 Å². The van der Waals surface area contributed by atoms with E-state index in [4.69, 9.17) is 17.3 Å². The van der Waals surface area contributed by atoms with Gasteiger partial charge in [-0.1, -0.05) is 29.0 Å². The lowest BCUT2D eigenvalue weighted by Crippen LogP contribution is -1.90. The highest BCUT2D eigenvalue weighted by Gasteiger charge is 2.11. The second-order valence-corrected chi connectivity index (χ2v) is 4.95. The minimum Gasteiger partial charge on any atom is -0.398 e. The Morgan fingerprint density at radius 1 is 1.35 bits per heavy atom. The third-order valence-corrected chi connectivity index (χ3v) is 3.68. The first-order chi connectivity index (χ1) is 8.15. The van der Waals surface area contributed by atoms with Crippen molar-refractivity contribution < 1.29 is 0 Å². The van der Waals surface area contributed by atoms with Gasteiger partial charge in [-0.3, -0.25) is 0 Å². The third-order valence-electron chi connectivity index (χ3n) is 2.39. The molecule has 0 bridgehead atoms. The Hall–Kier alpha value is -1.66. The van der Waals surface area contributed by atoms with Gasteiger partial charge in [0, 0.05) is 5.56 Å². The van der Waals surface area contributed by atoms with Gasteiger partial charge in [-0.2, -0.15) is 9.61 Å². The fraction of sp³-hybridized carbons (Fsp3) is 0.100. The summed E-state index contributed by atoms with van der Waals surface area (Å²) in [5.41, 5.74) is 7.25. The summed E-state index contributed by atoms with van der Waals surface area (Å²) < 4.78 is 1.71.